The molecule has 1 aliphatic rings. The van der Waals surface area contributed by atoms with Crippen LogP contribution in [0, 0.1) is 0 Å². The summed E-state index contributed by atoms with van der Waals surface area (Å²) in [7, 11) is 0. The van der Waals surface area contributed by atoms with E-state index in [9.17, 15) is 4.79 Å². The van der Waals surface area contributed by atoms with E-state index in [1.54, 1.807) is 6.92 Å². The van der Waals surface area contributed by atoms with Crippen molar-refractivity contribution in [3.63, 3.8) is 0 Å². The molecule has 1 aromatic heterocycles. The van der Waals surface area contributed by atoms with E-state index < -0.39 is 0 Å². The standard InChI is InChI=1S/C34H30Cl2N2O3/c1-2-40-32(39)21-41-29-5-3-4-22(18-29)20-38-31-19-26(12-17-30(31)37-34(38)25-6-7-25)33(23-8-13-27(35)14-9-23)24-10-15-28(36)16-11-24/h3-5,8-19,25,33H,2,6-7,20-21H2,1H3. The van der Waals surface area contributed by atoms with Crippen LogP contribution in [-0.4, -0.2) is 28.7 Å². The number of ether oxygens (including phenoxy) is 2. The molecule has 1 heterocycles. The fourth-order valence-corrected chi connectivity index (χ4v) is 5.56. The zero-order valence-corrected chi connectivity index (χ0v) is 24.2. The molecule has 0 bridgehead atoms. The lowest BCUT2D eigenvalue weighted by Crippen LogP contribution is -2.14. The van der Waals surface area contributed by atoms with Crippen LogP contribution >= 0.6 is 23.2 Å². The third-order valence-electron chi connectivity index (χ3n) is 7.39. The summed E-state index contributed by atoms with van der Waals surface area (Å²) in [4.78, 5) is 16.9. The predicted octanol–water partition coefficient (Wildman–Crippen LogP) is 8.39. The van der Waals surface area contributed by atoms with Crippen LogP contribution in [0.2, 0.25) is 10.0 Å². The number of hydrogen-bond acceptors (Lipinski definition) is 4. The number of hydrogen-bond donors (Lipinski definition) is 0. The van der Waals surface area contributed by atoms with Gasteiger partial charge in [-0.3, -0.25) is 0 Å². The van der Waals surface area contributed by atoms with Crippen molar-refractivity contribution in [1.29, 1.82) is 0 Å². The molecule has 1 aliphatic carbocycles. The highest BCUT2D eigenvalue weighted by Gasteiger charge is 2.30. The van der Waals surface area contributed by atoms with Crippen LogP contribution < -0.4 is 4.74 Å². The zero-order chi connectivity index (χ0) is 28.3. The summed E-state index contributed by atoms with van der Waals surface area (Å²) >= 11 is 12.5. The highest BCUT2D eigenvalue weighted by Crippen LogP contribution is 2.42. The topological polar surface area (TPSA) is 53.4 Å². The predicted molar refractivity (Wildman–Crippen MR) is 163 cm³/mol. The molecule has 0 amide bonds. The number of carbonyl (C=O) groups is 1. The Balaban J connectivity index is 1.38. The molecule has 4 aromatic carbocycles. The molecule has 1 fully saturated rings. The molecule has 0 aliphatic heterocycles. The lowest BCUT2D eigenvalue weighted by Gasteiger charge is -2.20. The number of imidazole rings is 1. The van der Waals surface area contributed by atoms with Crippen molar-refractivity contribution in [1.82, 2.24) is 9.55 Å². The van der Waals surface area contributed by atoms with Gasteiger partial charge in [0.1, 0.15) is 11.6 Å². The summed E-state index contributed by atoms with van der Waals surface area (Å²) in [5, 5.41) is 1.42. The van der Waals surface area contributed by atoms with Gasteiger partial charge in [-0.15, -0.1) is 0 Å². The lowest BCUT2D eigenvalue weighted by atomic mass is 9.85. The Morgan fingerprint density at radius 1 is 0.902 bits per heavy atom. The van der Waals surface area contributed by atoms with Crippen molar-refractivity contribution in [3.05, 3.63) is 129 Å². The van der Waals surface area contributed by atoms with Gasteiger partial charge in [0.2, 0.25) is 0 Å². The molecule has 5 aromatic rings. The number of benzene rings is 4. The van der Waals surface area contributed by atoms with Gasteiger partial charge >= 0.3 is 5.97 Å². The van der Waals surface area contributed by atoms with Crippen LogP contribution in [0.25, 0.3) is 11.0 Å². The van der Waals surface area contributed by atoms with Crippen LogP contribution in [0.1, 0.15) is 59.7 Å². The molecule has 5 nitrogen and oxygen atoms in total. The van der Waals surface area contributed by atoms with Crippen molar-refractivity contribution in [2.24, 2.45) is 0 Å². The van der Waals surface area contributed by atoms with Gasteiger partial charge in [-0.05, 0) is 90.6 Å². The second kappa shape index (κ2) is 12.0. The van der Waals surface area contributed by atoms with Crippen LogP contribution in [0.15, 0.2) is 91.0 Å². The lowest BCUT2D eigenvalue weighted by molar-refractivity contribution is -0.145. The number of esters is 1. The first kappa shape index (κ1) is 27.4. The van der Waals surface area contributed by atoms with E-state index >= 15 is 0 Å². The maximum absolute atomic E-state index is 11.8. The van der Waals surface area contributed by atoms with Crippen molar-refractivity contribution in [2.45, 2.75) is 38.1 Å². The Labute approximate surface area is 249 Å². The second-order valence-corrected chi connectivity index (χ2v) is 11.2. The van der Waals surface area contributed by atoms with Crippen LogP contribution in [0.3, 0.4) is 0 Å². The smallest absolute Gasteiger partial charge is 0.344 e. The average molecular weight is 586 g/mol. The van der Waals surface area contributed by atoms with Crippen molar-refractivity contribution in [3.8, 4) is 5.75 Å². The fourth-order valence-electron chi connectivity index (χ4n) is 5.31. The molecule has 7 heteroatoms. The Morgan fingerprint density at radius 3 is 2.20 bits per heavy atom. The molecule has 0 radical (unpaired) electrons. The normalized spacial score (nSPS) is 13.1. The summed E-state index contributed by atoms with van der Waals surface area (Å²) in [6.07, 6.45) is 2.30. The first-order valence-electron chi connectivity index (χ1n) is 13.9. The highest BCUT2D eigenvalue weighted by atomic mass is 35.5. The molecule has 0 unspecified atom stereocenters. The molecule has 0 spiro atoms. The molecule has 208 valence electrons. The minimum absolute atomic E-state index is 0.00117. The third-order valence-corrected chi connectivity index (χ3v) is 7.89. The summed E-state index contributed by atoms with van der Waals surface area (Å²) in [5.74, 6) is 1.85. The van der Waals surface area contributed by atoms with Gasteiger partial charge in [-0.1, -0.05) is 65.7 Å². The molecule has 1 saturated carbocycles. The van der Waals surface area contributed by atoms with Gasteiger partial charge in [-0.2, -0.15) is 0 Å². The second-order valence-electron chi connectivity index (χ2n) is 10.4. The Bertz CT molecular complexity index is 1630. The van der Waals surface area contributed by atoms with Gasteiger partial charge in [0.15, 0.2) is 6.61 Å². The maximum atomic E-state index is 11.8. The number of aromatic nitrogens is 2. The summed E-state index contributed by atoms with van der Waals surface area (Å²) in [5.41, 5.74) is 6.61. The first-order chi connectivity index (χ1) is 20.0. The van der Waals surface area contributed by atoms with Gasteiger partial charge < -0.3 is 14.0 Å². The van der Waals surface area contributed by atoms with Gasteiger partial charge in [0, 0.05) is 28.4 Å². The van der Waals surface area contributed by atoms with Crippen molar-refractivity contribution < 1.29 is 14.3 Å². The van der Waals surface area contributed by atoms with Crippen LogP contribution in [0.5, 0.6) is 5.75 Å². The zero-order valence-electron chi connectivity index (χ0n) is 22.7. The fraction of sp³-hybridized carbons (Fsp3) is 0.235. The van der Waals surface area contributed by atoms with Crippen LogP contribution in [-0.2, 0) is 16.1 Å². The quantitative estimate of drug-likeness (QED) is 0.122. The number of fused-ring (bicyclic) bond motifs is 1. The summed E-state index contributed by atoms with van der Waals surface area (Å²) < 4.78 is 13.0. The van der Waals surface area contributed by atoms with E-state index in [0.29, 0.717) is 34.9 Å². The Kier molecular flexibility index (Phi) is 8.00. The van der Waals surface area contributed by atoms with Crippen molar-refractivity contribution in [2.75, 3.05) is 13.2 Å². The molecular formula is C34H30Cl2N2O3. The SMILES string of the molecule is CCOC(=O)COc1cccc(Cn2c(C3CC3)nc3ccc(C(c4ccc(Cl)cc4)c4ccc(Cl)cc4)cc32)c1. The van der Waals surface area contributed by atoms with E-state index in [1.807, 2.05) is 42.5 Å². The third kappa shape index (κ3) is 6.27. The summed E-state index contributed by atoms with van der Waals surface area (Å²) in [6.45, 7) is 2.65. The minimum atomic E-state index is -0.377. The number of rotatable bonds is 10. The van der Waals surface area contributed by atoms with E-state index in [0.717, 1.165) is 52.0 Å². The maximum Gasteiger partial charge on any atom is 0.344 e. The Hall–Kier alpha value is -3.80. The molecule has 0 N–H and O–H groups in total. The van der Waals surface area contributed by atoms with Crippen LogP contribution in [0.4, 0.5) is 0 Å². The largest absolute Gasteiger partial charge is 0.482 e. The molecule has 0 atom stereocenters. The Morgan fingerprint density at radius 2 is 1.56 bits per heavy atom. The van der Waals surface area contributed by atoms with Gasteiger partial charge in [-0.25, -0.2) is 9.78 Å². The van der Waals surface area contributed by atoms with E-state index in [2.05, 4.69) is 53.1 Å². The molecule has 41 heavy (non-hydrogen) atoms. The molecule has 6 rings (SSSR count). The van der Waals surface area contributed by atoms with Gasteiger partial charge in [0.25, 0.3) is 0 Å². The number of halogens is 2. The molecule has 0 saturated heterocycles. The molecular weight excluding hydrogens is 555 g/mol. The van der Waals surface area contributed by atoms with E-state index in [4.69, 9.17) is 37.7 Å². The number of carbonyl (C=O) groups excluding carboxylic acids is 1. The average Bonchev–Trinajstić information content (AvgIpc) is 3.77. The highest BCUT2D eigenvalue weighted by molar-refractivity contribution is 6.30. The van der Waals surface area contributed by atoms with Gasteiger partial charge in [0.05, 0.1) is 17.6 Å². The van der Waals surface area contributed by atoms with E-state index in [-0.39, 0.29) is 18.5 Å². The van der Waals surface area contributed by atoms with Crippen molar-refractivity contribution >= 4 is 40.2 Å². The first-order valence-corrected chi connectivity index (χ1v) is 14.6. The monoisotopic (exact) mass is 584 g/mol. The number of nitrogens with zero attached hydrogens (tertiary/aromatic N) is 2. The summed E-state index contributed by atoms with van der Waals surface area (Å²) in [6, 6.07) is 30.5. The van der Waals surface area contributed by atoms with E-state index in [1.165, 1.54) is 0 Å². The minimum Gasteiger partial charge on any atom is -0.482 e.